The molecule has 20 heavy (non-hydrogen) atoms. The third-order valence-electron chi connectivity index (χ3n) is 2.24. The maximum absolute atomic E-state index is 11.6. The highest BCUT2D eigenvalue weighted by molar-refractivity contribution is 5.81. The van der Waals surface area contributed by atoms with Crippen molar-refractivity contribution in [1.82, 2.24) is 5.32 Å². The summed E-state index contributed by atoms with van der Waals surface area (Å²) in [5.74, 6) is -2.17. The maximum atomic E-state index is 11.6. The Bertz CT molecular complexity index is 520. The second-order valence-electron chi connectivity index (χ2n) is 5.17. The third-order valence-corrected chi connectivity index (χ3v) is 2.24. The minimum Gasteiger partial charge on any atom is -0.504 e. The van der Waals surface area contributed by atoms with Gasteiger partial charge in [-0.25, -0.2) is 9.59 Å². The Morgan fingerprint density at radius 2 is 1.80 bits per heavy atom. The molecule has 1 rings (SSSR count). The molecule has 0 radical (unpaired) electrons. The van der Waals surface area contributed by atoms with Gasteiger partial charge in [-0.1, -0.05) is 6.07 Å². The van der Waals surface area contributed by atoms with E-state index in [4.69, 9.17) is 9.84 Å². The van der Waals surface area contributed by atoms with Gasteiger partial charge in [-0.15, -0.1) is 0 Å². The SMILES string of the molecule is CC(C)(C)OC(=O)NC(C(=O)O)c1ccc(O)c(O)c1. The molecule has 1 aromatic carbocycles. The number of rotatable bonds is 3. The second kappa shape index (κ2) is 5.68. The van der Waals surface area contributed by atoms with Gasteiger partial charge >= 0.3 is 12.1 Å². The van der Waals surface area contributed by atoms with Gasteiger partial charge in [0.25, 0.3) is 0 Å². The monoisotopic (exact) mass is 283 g/mol. The van der Waals surface area contributed by atoms with E-state index < -0.39 is 29.5 Å². The molecule has 1 unspecified atom stereocenters. The van der Waals surface area contributed by atoms with Crippen molar-refractivity contribution in [1.29, 1.82) is 0 Å². The fourth-order valence-electron chi connectivity index (χ4n) is 1.43. The zero-order valence-corrected chi connectivity index (χ0v) is 11.4. The number of nitrogens with one attached hydrogen (secondary N) is 1. The highest BCUT2D eigenvalue weighted by Crippen LogP contribution is 2.28. The Balaban J connectivity index is 2.92. The van der Waals surface area contributed by atoms with Gasteiger partial charge in [0, 0.05) is 0 Å². The summed E-state index contributed by atoms with van der Waals surface area (Å²) in [6, 6.07) is 2.09. The van der Waals surface area contributed by atoms with Crippen LogP contribution in [0.2, 0.25) is 0 Å². The number of phenolic OH excluding ortho intramolecular Hbond substituents is 2. The molecule has 1 atom stereocenters. The van der Waals surface area contributed by atoms with Crippen LogP contribution in [0.5, 0.6) is 11.5 Å². The number of hydrogen-bond donors (Lipinski definition) is 4. The van der Waals surface area contributed by atoms with Crippen LogP contribution in [0.15, 0.2) is 18.2 Å². The van der Waals surface area contributed by atoms with Crippen molar-refractivity contribution >= 4 is 12.1 Å². The summed E-state index contributed by atoms with van der Waals surface area (Å²) < 4.78 is 4.97. The van der Waals surface area contributed by atoms with Gasteiger partial charge in [-0.05, 0) is 38.5 Å². The molecule has 110 valence electrons. The van der Waals surface area contributed by atoms with Crippen molar-refractivity contribution in [2.45, 2.75) is 32.4 Å². The van der Waals surface area contributed by atoms with E-state index in [1.807, 2.05) is 0 Å². The van der Waals surface area contributed by atoms with E-state index in [0.717, 1.165) is 12.1 Å². The van der Waals surface area contributed by atoms with Gasteiger partial charge < -0.3 is 25.4 Å². The van der Waals surface area contributed by atoms with E-state index in [2.05, 4.69) is 5.32 Å². The van der Waals surface area contributed by atoms with Crippen molar-refractivity contribution in [3.8, 4) is 11.5 Å². The Kier molecular flexibility index (Phi) is 4.44. The first kappa shape index (κ1) is 15.6. The van der Waals surface area contributed by atoms with E-state index in [9.17, 15) is 19.8 Å². The Labute approximate surface area is 115 Å². The lowest BCUT2D eigenvalue weighted by molar-refractivity contribution is -0.139. The van der Waals surface area contributed by atoms with Gasteiger partial charge in [0.2, 0.25) is 0 Å². The van der Waals surface area contributed by atoms with E-state index in [-0.39, 0.29) is 11.3 Å². The number of carboxylic acid groups (broad SMARTS) is 1. The maximum Gasteiger partial charge on any atom is 0.408 e. The second-order valence-corrected chi connectivity index (χ2v) is 5.17. The van der Waals surface area contributed by atoms with E-state index in [1.54, 1.807) is 20.8 Å². The first-order chi connectivity index (χ1) is 9.10. The topological polar surface area (TPSA) is 116 Å². The largest absolute Gasteiger partial charge is 0.504 e. The predicted molar refractivity (Wildman–Crippen MR) is 69.5 cm³/mol. The van der Waals surface area contributed by atoms with Gasteiger partial charge in [-0.2, -0.15) is 0 Å². The number of ether oxygens (including phenoxy) is 1. The van der Waals surface area contributed by atoms with Crippen molar-refractivity contribution in [2.24, 2.45) is 0 Å². The number of carboxylic acids is 1. The molecule has 0 fully saturated rings. The van der Waals surface area contributed by atoms with Crippen LogP contribution >= 0.6 is 0 Å². The van der Waals surface area contributed by atoms with Crippen LogP contribution in [0.25, 0.3) is 0 Å². The molecule has 0 bridgehead atoms. The van der Waals surface area contributed by atoms with Crippen molar-refractivity contribution in [3.63, 3.8) is 0 Å². The number of aliphatic carboxylic acids is 1. The molecule has 0 saturated carbocycles. The van der Waals surface area contributed by atoms with E-state index >= 15 is 0 Å². The molecule has 1 aromatic rings. The highest BCUT2D eigenvalue weighted by atomic mass is 16.6. The lowest BCUT2D eigenvalue weighted by Crippen LogP contribution is -2.38. The fraction of sp³-hybridized carbons (Fsp3) is 0.385. The molecule has 1 amide bonds. The number of benzene rings is 1. The van der Waals surface area contributed by atoms with Crippen LogP contribution < -0.4 is 5.32 Å². The van der Waals surface area contributed by atoms with E-state index in [0.29, 0.717) is 0 Å². The molecule has 7 heteroatoms. The summed E-state index contributed by atoms with van der Waals surface area (Å²) in [7, 11) is 0. The normalized spacial score (nSPS) is 12.6. The minimum absolute atomic E-state index is 0.110. The summed E-state index contributed by atoms with van der Waals surface area (Å²) in [6.45, 7) is 4.94. The first-order valence-corrected chi connectivity index (χ1v) is 5.84. The molecule has 0 aromatic heterocycles. The molecule has 0 spiro atoms. The number of alkyl carbamates (subject to hydrolysis) is 1. The average molecular weight is 283 g/mol. The minimum atomic E-state index is -1.39. The molecule has 0 aliphatic rings. The number of amides is 1. The average Bonchev–Trinajstić information content (AvgIpc) is 2.27. The predicted octanol–water partition coefficient (Wildman–Crippen LogP) is 1.75. The van der Waals surface area contributed by atoms with Crippen molar-refractivity contribution in [3.05, 3.63) is 23.8 Å². The number of phenols is 2. The fourth-order valence-corrected chi connectivity index (χ4v) is 1.43. The molecule has 0 aliphatic heterocycles. The summed E-state index contributed by atoms with van der Waals surface area (Å²) in [4.78, 5) is 22.8. The summed E-state index contributed by atoms with van der Waals surface area (Å²) in [5.41, 5.74) is -0.650. The lowest BCUT2D eigenvalue weighted by atomic mass is 10.1. The summed E-state index contributed by atoms with van der Waals surface area (Å²) >= 11 is 0. The molecule has 7 nitrogen and oxygen atoms in total. The van der Waals surface area contributed by atoms with Crippen LogP contribution in [-0.2, 0) is 9.53 Å². The summed E-state index contributed by atoms with van der Waals surface area (Å²) in [6.07, 6.45) is -0.891. The van der Waals surface area contributed by atoms with Crippen LogP contribution in [0.3, 0.4) is 0 Å². The molecule has 0 aliphatic carbocycles. The number of carbonyl (C=O) groups is 2. The Morgan fingerprint density at radius 3 is 2.25 bits per heavy atom. The molecular formula is C13H17NO6. The molecule has 0 heterocycles. The molecule has 0 saturated heterocycles. The van der Waals surface area contributed by atoms with Crippen molar-refractivity contribution in [2.75, 3.05) is 0 Å². The van der Waals surface area contributed by atoms with Gasteiger partial charge in [-0.3, -0.25) is 0 Å². The summed E-state index contributed by atoms with van der Waals surface area (Å²) in [5, 5.41) is 29.9. The van der Waals surface area contributed by atoms with Crippen molar-refractivity contribution < 1.29 is 29.6 Å². The van der Waals surface area contributed by atoms with Crippen LogP contribution in [0.1, 0.15) is 32.4 Å². The standard InChI is InChI=1S/C13H17NO6/c1-13(2,3)20-12(19)14-10(11(17)18)7-4-5-8(15)9(16)6-7/h4-6,10,15-16H,1-3H3,(H,14,19)(H,17,18). The molecule has 4 N–H and O–H groups in total. The zero-order chi connectivity index (χ0) is 15.5. The van der Waals surface area contributed by atoms with Crippen LogP contribution in [0.4, 0.5) is 4.79 Å². The Hall–Kier alpha value is -2.44. The van der Waals surface area contributed by atoms with Crippen LogP contribution in [-0.4, -0.2) is 33.0 Å². The number of aromatic hydroxyl groups is 2. The smallest absolute Gasteiger partial charge is 0.408 e. The number of carbonyl (C=O) groups excluding carboxylic acids is 1. The highest BCUT2D eigenvalue weighted by Gasteiger charge is 2.26. The van der Waals surface area contributed by atoms with Gasteiger partial charge in [0.1, 0.15) is 5.60 Å². The van der Waals surface area contributed by atoms with Gasteiger partial charge in [0.05, 0.1) is 0 Å². The van der Waals surface area contributed by atoms with E-state index in [1.165, 1.54) is 6.07 Å². The van der Waals surface area contributed by atoms with Crippen LogP contribution in [0, 0.1) is 0 Å². The zero-order valence-electron chi connectivity index (χ0n) is 11.4. The third kappa shape index (κ3) is 4.34. The number of hydrogen-bond acceptors (Lipinski definition) is 5. The quantitative estimate of drug-likeness (QED) is 0.628. The lowest BCUT2D eigenvalue weighted by Gasteiger charge is -2.22. The van der Waals surface area contributed by atoms with Gasteiger partial charge in [0.15, 0.2) is 17.5 Å². The Morgan fingerprint density at radius 1 is 1.20 bits per heavy atom. The molecular weight excluding hydrogens is 266 g/mol. The first-order valence-electron chi connectivity index (χ1n) is 5.84.